The molecule has 0 aromatic rings. The van der Waals surface area contributed by atoms with Crippen molar-refractivity contribution in [1.82, 2.24) is 10.3 Å². The maximum Gasteiger partial charge on any atom is 0.166 e. The summed E-state index contributed by atoms with van der Waals surface area (Å²) in [4.78, 5) is 0. The number of allylic oxidation sites excluding steroid dienone is 1. The first-order valence-electron chi connectivity index (χ1n) is 7.50. The van der Waals surface area contributed by atoms with Crippen molar-refractivity contribution in [2.75, 3.05) is 6.54 Å². The van der Waals surface area contributed by atoms with Gasteiger partial charge in [-0.1, -0.05) is 22.6 Å². The van der Waals surface area contributed by atoms with Crippen LogP contribution in [0.4, 0.5) is 4.39 Å². The topological polar surface area (TPSA) is 47.9 Å². The van der Waals surface area contributed by atoms with Gasteiger partial charge in [0.2, 0.25) is 0 Å². The molecule has 120 valence electrons. The highest BCUT2D eigenvalue weighted by Crippen LogP contribution is 2.35. The zero-order chi connectivity index (χ0) is 15.7. The predicted octanol–water partition coefficient (Wildman–Crippen LogP) is 2.96. The Morgan fingerprint density at radius 1 is 1.52 bits per heavy atom. The van der Waals surface area contributed by atoms with Crippen LogP contribution in [-0.4, -0.2) is 44.4 Å². The number of rotatable bonds is 4. The molecule has 1 aliphatic heterocycles. The Morgan fingerprint density at radius 3 is 2.71 bits per heavy atom. The molecule has 6 heteroatoms. The maximum atomic E-state index is 13.9. The van der Waals surface area contributed by atoms with Gasteiger partial charge in [-0.05, 0) is 58.1 Å². The summed E-state index contributed by atoms with van der Waals surface area (Å²) in [6.07, 6.45) is 5.42. The molecule has 1 aliphatic carbocycles. The summed E-state index contributed by atoms with van der Waals surface area (Å²) in [7, 11) is 0. The van der Waals surface area contributed by atoms with Gasteiger partial charge in [0.25, 0.3) is 0 Å². The van der Waals surface area contributed by atoms with Crippen LogP contribution in [0, 0.1) is 0 Å². The molecular formula is C15H25FIN3O. The Bertz CT molecular complexity index is 421. The number of aliphatic hydroxyl groups is 1. The van der Waals surface area contributed by atoms with E-state index in [4.69, 9.17) is 0 Å². The fourth-order valence-electron chi connectivity index (χ4n) is 2.75. The van der Waals surface area contributed by atoms with E-state index in [-0.39, 0.29) is 9.59 Å². The molecule has 0 aromatic heterocycles. The maximum absolute atomic E-state index is 13.9. The molecule has 0 unspecified atom stereocenters. The van der Waals surface area contributed by atoms with Crippen molar-refractivity contribution in [3.05, 3.63) is 11.6 Å². The standard InChI is InChI=1S/C15H25FIN3O/c1-14(2,17)18-10-11-6-9-19-20(13(11)21)12-4-7-15(3,16)8-5-12/h6,9,12-13,18,21H,4-5,7-8,10H2,1-3H3/t12?,13-,15?/m1/s1. The average molecular weight is 409 g/mol. The van der Waals surface area contributed by atoms with Gasteiger partial charge in [-0.15, -0.1) is 0 Å². The van der Waals surface area contributed by atoms with Gasteiger partial charge in [0.1, 0.15) is 5.67 Å². The number of nitrogens with zero attached hydrogens (tertiary/aromatic N) is 2. The molecule has 0 radical (unpaired) electrons. The summed E-state index contributed by atoms with van der Waals surface area (Å²) in [6, 6.07) is 0.122. The minimum atomic E-state index is -1.06. The highest BCUT2D eigenvalue weighted by Gasteiger charge is 2.36. The summed E-state index contributed by atoms with van der Waals surface area (Å²) in [6.45, 7) is 6.45. The van der Waals surface area contributed by atoms with Crippen molar-refractivity contribution < 1.29 is 9.50 Å². The van der Waals surface area contributed by atoms with Crippen LogP contribution in [0.25, 0.3) is 0 Å². The fraction of sp³-hybridized carbons (Fsp3) is 0.800. The van der Waals surface area contributed by atoms with Gasteiger partial charge >= 0.3 is 0 Å². The van der Waals surface area contributed by atoms with Crippen LogP contribution in [0.1, 0.15) is 46.5 Å². The lowest BCUT2D eigenvalue weighted by Gasteiger charge is -2.40. The monoisotopic (exact) mass is 409 g/mol. The van der Waals surface area contributed by atoms with E-state index in [0.717, 1.165) is 18.4 Å². The van der Waals surface area contributed by atoms with Crippen molar-refractivity contribution in [2.45, 2.75) is 67.9 Å². The van der Waals surface area contributed by atoms with Crippen molar-refractivity contribution in [3.8, 4) is 0 Å². The van der Waals surface area contributed by atoms with E-state index in [9.17, 15) is 9.50 Å². The van der Waals surface area contributed by atoms with Crippen molar-refractivity contribution >= 4 is 28.8 Å². The number of hydrogen-bond acceptors (Lipinski definition) is 4. The molecule has 1 atom stereocenters. The zero-order valence-corrected chi connectivity index (χ0v) is 15.1. The Balaban J connectivity index is 1.95. The van der Waals surface area contributed by atoms with Crippen LogP contribution in [0.15, 0.2) is 16.8 Å². The molecule has 21 heavy (non-hydrogen) atoms. The van der Waals surface area contributed by atoms with Gasteiger partial charge in [0.15, 0.2) is 6.23 Å². The number of hydrazone groups is 1. The minimum absolute atomic E-state index is 0.0291. The number of aliphatic hydroxyl groups excluding tert-OH is 1. The highest BCUT2D eigenvalue weighted by molar-refractivity contribution is 14.1. The molecule has 0 saturated heterocycles. The summed E-state index contributed by atoms with van der Waals surface area (Å²) in [5.41, 5.74) is -0.157. The van der Waals surface area contributed by atoms with Crippen LogP contribution in [0.5, 0.6) is 0 Å². The Labute approximate surface area is 140 Å². The van der Waals surface area contributed by atoms with Crippen LogP contribution >= 0.6 is 22.6 Å². The summed E-state index contributed by atoms with van der Waals surface area (Å²) < 4.78 is 13.9. The molecule has 2 N–H and O–H groups in total. The van der Waals surface area contributed by atoms with Crippen LogP contribution in [0.3, 0.4) is 0 Å². The molecule has 0 bridgehead atoms. The smallest absolute Gasteiger partial charge is 0.166 e. The fourth-order valence-corrected chi connectivity index (χ4v) is 2.94. The first-order chi connectivity index (χ1) is 9.68. The minimum Gasteiger partial charge on any atom is -0.368 e. The number of nitrogens with one attached hydrogen (secondary N) is 1. The molecule has 1 saturated carbocycles. The second kappa shape index (κ2) is 6.50. The van der Waals surface area contributed by atoms with Gasteiger partial charge in [-0.25, -0.2) is 4.39 Å². The number of halogens is 2. The van der Waals surface area contributed by atoms with E-state index in [1.54, 1.807) is 18.1 Å². The normalized spacial score (nSPS) is 34.0. The molecule has 2 aliphatic rings. The van der Waals surface area contributed by atoms with Crippen molar-refractivity contribution in [3.63, 3.8) is 0 Å². The predicted molar refractivity (Wildman–Crippen MR) is 92.3 cm³/mol. The van der Waals surface area contributed by atoms with Crippen LogP contribution in [-0.2, 0) is 0 Å². The van der Waals surface area contributed by atoms with E-state index in [2.05, 4.69) is 46.9 Å². The lowest BCUT2D eigenvalue weighted by atomic mass is 9.84. The van der Waals surface area contributed by atoms with E-state index < -0.39 is 11.9 Å². The molecule has 2 rings (SSSR count). The quantitative estimate of drug-likeness (QED) is 0.427. The first kappa shape index (κ1) is 17.1. The lowest BCUT2D eigenvalue weighted by Crippen LogP contribution is -2.47. The second-order valence-corrected chi connectivity index (χ2v) is 9.43. The number of alkyl halides is 2. The largest absolute Gasteiger partial charge is 0.368 e. The summed E-state index contributed by atoms with van der Waals surface area (Å²) >= 11 is 2.32. The van der Waals surface area contributed by atoms with E-state index in [1.165, 1.54) is 0 Å². The molecule has 0 amide bonds. The van der Waals surface area contributed by atoms with Gasteiger partial charge in [0, 0.05) is 12.8 Å². The highest BCUT2D eigenvalue weighted by atomic mass is 127. The molecular weight excluding hydrogens is 384 g/mol. The van der Waals surface area contributed by atoms with Gasteiger partial charge < -0.3 is 5.11 Å². The van der Waals surface area contributed by atoms with Gasteiger partial charge in [-0.2, -0.15) is 5.10 Å². The number of hydrogen-bond donors (Lipinski definition) is 2. The Hall–Kier alpha value is -0.210. The third-order valence-corrected chi connectivity index (χ3v) is 4.54. The average Bonchev–Trinajstić information content (AvgIpc) is 2.37. The van der Waals surface area contributed by atoms with E-state index in [0.29, 0.717) is 19.4 Å². The third kappa shape index (κ3) is 4.89. The molecule has 1 fully saturated rings. The summed E-state index contributed by atoms with van der Waals surface area (Å²) in [5, 5.41) is 19.9. The summed E-state index contributed by atoms with van der Waals surface area (Å²) in [5.74, 6) is 0. The first-order valence-corrected chi connectivity index (χ1v) is 8.58. The Kier molecular flexibility index (Phi) is 5.31. The lowest BCUT2D eigenvalue weighted by molar-refractivity contribution is -0.0282. The Morgan fingerprint density at radius 2 is 2.14 bits per heavy atom. The zero-order valence-electron chi connectivity index (χ0n) is 12.9. The molecule has 0 aromatic carbocycles. The van der Waals surface area contributed by atoms with Gasteiger partial charge in [0.05, 0.1) is 9.59 Å². The van der Waals surface area contributed by atoms with E-state index >= 15 is 0 Å². The van der Waals surface area contributed by atoms with Gasteiger partial charge in [-0.3, -0.25) is 10.3 Å². The van der Waals surface area contributed by atoms with Crippen LogP contribution < -0.4 is 5.32 Å². The molecule has 0 spiro atoms. The molecule has 4 nitrogen and oxygen atoms in total. The van der Waals surface area contributed by atoms with Crippen molar-refractivity contribution in [1.29, 1.82) is 0 Å². The SMILES string of the molecule is CC1(F)CCC(N2N=CC=C(CNC(C)(C)I)[C@H]2O)CC1. The van der Waals surface area contributed by atoms with Crippen LogP contribution in [0.2, 0.25) is 0 Å². The third-order valence-electron chi connectivity index (χ3n) is 4.16. The van der Waals surface area contributed by atoms with Crippen molar-refractivity contribution in [2.24, 2.45) is 5.10 Å². The molecule has 1 heterocycles. The van der Waals surface area contributed by atoms with E-state index in [1.807, 2.05) is 6.08 Å². The second-order valence-electron chi connectivity index (χ2n) is 6.73.